The van der Waals surface area contributed by atoms with Crippen LogP contribution in [0, 0.1) is 5.92 Å². The van der Waals surface area contributed by atoms with E-state index in [4.69, 9.17) is 4.42 Å². The molecule has 0 fully saturated rings. The van der Waals surface area contributed by atoms with Crippen LogP contribution in [0.3, 0.4) is 0 Å². The highest BCUT2D eigenvalue weighted by atomic mass is 16.4. The Bertz CT molecular complexity index is 1270. The number of rotatable bonds is 12. The highest BCUT2D eigenvalue weighted by molar-refractivity contribution is 6.01. The summed E-state index contributed by atoms with van der Waals surface area (Å²) in [6.07, 6.45) is 4.94. The molecule has 3 aromatic rings. The molecule has 0 aliphatic rings. The van der Waals surface area contributed by atoms with Crippen LogP contribution in [0.4, 0.5) is 10.6 Å². The standard InChI is InChI=1S/C28H37N7O5/c1-18(2)17-35(22(16-33-27(38)39)24(36)31-13-19-8-6-10-29-12-19)25(37)21-15-32-26(28(3,4)5)34-23(21)30-14-20-9-7-11-40-20/h6-12,15,18,22,33H,13-14,16-17H2,1-5H3,(H,31,36)(H,38,39)(H,30,32,34)/t22-/m0/s1. The molecule has 0 aromatic carbocycles. The molecule has 12 nitrogen and oxygen atoms in total. The van der Waals surface area contributed by atoms with E-state index < -0.39 is 23.9 Å². The lowest BCUT2D eigenvalue weighted by molar-refractivity contribution is -0.125. The van der Waals surface area contributed by atoms with Crippen molar-refractivity contribution in [3.63, 3.8) is 0 Å². The van der Waals surface area contributed by atoms with Crippen LogP contribution in [0.2, 0.25) is 0 Å². The van der Waals surface area contributed by atoms with Crippen LogP contribution >= 0.6 is 0 Å². The topological polar surface area (TPSA) is 163 Å². The quantitative estimate of drug-likeness (QED) is 0.264. The van der Waals surface area contributed by atoms with Crippen LogP contribution in [0.25, 0.3) is 0 Å². The number of pyridine rings is 1. The molecular weight excluding hydrogens is 514 g/mol. The van der Waals surface area contributed by atoms with E-state index in [2.05, 4.69) is 30.9 Å². The first-order valence-corrected chi connectivity index (χ1v) is 13.0. The summed E-state index contributed by atoms with van der Waals surface area (Å²) < 4.78 is 5.42. The van der Waals surface area contributed by atoms with Gasteiger partial charge in [-0.25, -0.2) is 14.8 Å². The van der Waals surface area contributed by atoms with E-state index in [9.17, 15) is 19.5 Å². The Morgan fingerprint density at radius 2 is 1.85 bits per heavy atom. The number of nitrogens with zero attached hydrogens (tertiary/aromatic N) is 4. The minimum absolute atomic E-state index is 0.0308. The maximum absolute atomic E-state index is 14.1. The summed E-state index contributed by atoms with van der Waals surface area (Å²) in [4.78, 5) is 53.4. The summed E-state index contributed by atoms with van der Waals surface area (Å²) in [6.45, 7) is 10.0. The number of anilines is 1. The number of hydrogen-bond acceptors (Lipinski definition) is 8. The zero-order valence-electron chi connectivity index (χ0n) is 23.5. The second-order valence-corrected chi connectivity index (χ2v) is 10.8. The van der Waals surface area contributed by atoms with Crippen molar-refractivity contribution in [1.82, 2.24) is 30.5 Å². The third kappa shape index (κ3) is 8.52. The second-order valence-electron chi connectivity index (χ2n) is 10.8. The summed E-state index contributed by atoms with van der Waals surface area (Å²) in [7, 11) is 0. The number of nitrogens with one attached hydrogen (secondary N) is 3. The molecule has 0 spiro atoms. The van der Waals surface area contributed by atoms with E-state index in [1.54, 1.807) is 42.9 Å². The molecular formula is C28H37N7O5. The first-order chi connectivity index (χ1) is 19.0. The number of carboxylic acid groups (broad SMARTS) is 1. The van der Waals surface area contributed by atoms with Crippen molar-refractivity contribution in [2.24, 2.45) is 5.92 Å². The molecule has 0 bridgehead atoms. The van der Waals surface area contributed by atoms with Gasteiger partial charge < -0.3 is 30.4 Å². The van der Waals surface area contributed by atoms with Crippen LogP contribution < -0.4 is 16.0 Å². The van der Waals surface area contributed by atoms with Gasteiger partial charge >= 0.3 is 6.09 Å². The van der Waals surface area contributed by atoms with Gasteiger partial charge in [0.1, 0.15) is 29.0 Å². The fraction of sp³-hybridized carbons (Fsp3) is 0.429. The number of aromatic nitrogens is 3. The summed E-state index contributed by atoms with van der Waals surface area (Å²) in [6, 6.07) is 5.98. The Kier molecular flexibility index (Phi) is 10.2. The van der Waals surface area contributed by atoms with Gasteiger partial charge in [0.25, 0.3) is 5.91 Å². The molecule has 0 aliphatic carbocycles. The Hall–Kier alpha value is -4.48. The Morgan fingerprint density at radius 1 is 1.07 bits per heavy atom. The predicted octanol–water partition coefficient (Wildman–Crippen LogP) is 3.43. The van der Waals surface area contributed by atoms with Gasteiger partial charge in [-0.15, -0.1) is 0 Å². The largest absolute Gasteiger partial charge is 0.467 e. The SMILES string of the molecule is CC(C)CN(C(=O)c1cnc(C(C)(C)C)nc1NCc1ccco1)[C@@H](CNC(=O)O)C(=O)NCc1cccnc1. The van der Waals surface area contributed by atoms with Crippen molar-refractivity contribution in [1.29, 1.82) is 0 Å². The Balaban J connectivity index is 1.97. The highest BCUT2D eigenvalue weighted by Crippen LogP contribution is 2.24. The van der Waals surface area contributed by atoms with Crippen molar-refractivity contribution in [2.45, 2.75) is 59.2 Å². The van der Waals surface area contributed by atoms with Crippen LogP contribution in [0.1, 0.15) is 62.1 Å². The molecule has 0 aliphatic heterocycles. The number of carbonyl (C=O) groups excluding carboxylic acids is 2. The van der Waals surface area contributed by atoms with Gasteiger partial charge in [-0.3, -0.25) is 14.6 Å². The van der Waals surface area contributed by atoms with Crippen molar-refractivity contribution in [3.05, 3.63) is 71.8 Å². The molecule has 3 amide bonds. The van der Waals surface area contributed by atoms with Crippen LogP contribution in [-0.4, -0.2) is 62.0 Å². The van der Waals surface area contributed by atoms with Crippen molar-refractivity contribution in [3.8, 4) is 0 Å². The number of carbonyl (C=O) groups is 3. The molecule has 0 radical (unpaired) electrons. The molecule has 0 unspecified atom stereocenters. The van der Waals surface area contributed by atoms with E-state index >= 15 is 0 Å². The van der Waals surface area contributed by atoms with Gasteiger partial charge in [-0.1, -0.05) is 40.7 Å². The molecule has 3 rings (SSSR count). The lowest BCUT2D eigenvalue weighted by Crippen LogP contribution is -2.55. The van der Waals surface area contributed by atoms with Gasteiger partial charge in [0, 0.05) is 37.1 Å². The fourth-order valence-corrected chi connectivity index (χ4v) is 3.86. The minimum Gasteiger partial charge on any atom is -0.467 e. The Morgan fingerprint density at radius 3 is 2.45 bits per heavy atom. The molecule has 3 heterocycles. The first-order valence-electron chi connectivity index (χ1n) is 13.0. The average molecular weight is 552 g/mol. The Labute approximate surface area is 233 Å². The van der Waals surface area contributed by atoms with Gasteiger partial charge in [-0.2, -0.15) is 0 Å². The van der Waals surface area contributed by atoms with Crippen LogP contribution in [-0.2, 0) is 23.3 Å². The van der Waals surface area contributed by atoms with Crippen molar-refractivity contribution >= 4 is 23.7 Å². The molecule has 4 N–H and O–H groups in total. The van der Waals surface area contributed by atoms with Gasteiger partial charge in [-0.05, 0) is 29.7 Å². The van der Waals surface area contributed by atoms with E-state index in [0.717, 1.165) is 5.56 Å². The number of furan rings is 1. The fourth-order valence-electron chi connectivity index (χ4n) is 3.86. The predicted molar refractivity (Wildman–Crippen MR) is 149 cm³/mol. The summed E-state index contributed by atoms with van der Waals surface area (Å²) >= 11 is 0. The molecule has 40 heavy (non-hydrogen) atoms. The van der Waals surface area contributed by atoms with Crippen molar-refractivity contribution < 1.29 is 23.9 Å². The second kappa shape index (κ2) is 13.5. The zero-order chi connectivity index (χ0) is 29.3. The maximum Gasteiger partial charge on any atom is 0.404 e. The smallest absolute Gasteiger partial charge is 0.404 e. The highest BCUT2D eigenvalue weighted by Gasteiger charge is 2.33. The van der Waals surface area contributed by atoms with E-state index in [0.29, 0.717) is 11.6 Å². The van der Waals surface area contributed by atoms with Gasteiger partial charge in [0.15, 0.2) is 0 Å². The first kappa shape index (κ1) is 30.1. The van der Waals surface area contributed by atoms with Crippen LogP contribution in [0.15, 0.2) is 53.5 Å². The molecule has 214 valence electrons. The lowest BCUT2D eigenvalue weighted by atomic mass is 9.95. The van der Waals surface area contributed by atoms with Crippen LogP contribution in [0.5, 0.6) is 0 Å². The van der Waals surface area contributed by atoms with E-state index in [1.165, 1.54) is 11.1 Å². The zero-order valence-corrected chi connectivity index (χ0v) is 23.5. The summed E-state index contributed by atoms with van der Waals surface area (Å²) in [5.74, 6) is 0.410. The minimum atomic E-state index is -1.30. The lowest BCUT2D eigenvalue weighted by Gasteiger charge is -2.33. The maximum atomic E-state index is 14.1. The third-order valence-electron chi connectivity index (χ3n) is 5.84. The molecule has 0 saturated heterocycles. The summed E-state index contributed by atoms with van der Waals surface area (Å²) in [5.41, 5.74) is 0.527. The normalized spacial score (nSPS) is 12.1. The van der Waals surface area contributed by atoms with Gasteiger partial charge in [0.2, 0.25) is 5.91 Å². The number of amides is 3. The summed E-state index contributed by atoms with van der Waals surface area (Å²) in [5, 5.41) is 17.5. The van der Waals surface area contributed by atoms with Crippen molar-refractivity contribution in [2.75, 3.05) is 18.4 Å². The van der Waals surface area contributed by atoms with Gasteiger partial charge in [0.05, 0.1) is 19.4 Å². The molecule has 1 atom stereocenters. The third-order valence-corrected chi connectivity index (χ3v) is 5.84. The molecule has 3 aromatic heterocycles. The molecule has 0 saturated carbocycles. The number of hydrogen-bond donors (Lipinski definition) is 4. The monoisotopic (exact) mass is 551 g/mol. The van der Waals surface area contributed by atoms with E-state index in [1.807, 2.05) is 34.6 Å². The average Bonchev–Trinajstić information content (AvgIpc) is 3.43. The molecule has 12 heteroatoms. The van der Waals surface area contributed by atoms with E-state index in [-0.39, 0.29) is 48.9 Å².